The van der Waals surface area contributed by atoms with Gasteiger partial charge in [0.25, 0.3) is 0 Å². The Bertz CT molecular complexity index is 318. The molecule has 0 spiro atoms. The van der Waals surface area contributed by atoms with Crippen LogP contribution < -0.4 is 5.32 Å². The summed E-state index contributed by atoms with van der Waals surface area (Å²) in [6, 6.07) is 6.39. The fourth-order valence-electron chi connectivity index (χ4n) is 1.74. The van der Waals surface area contributed by atoms with Crippen molar-refractivity contribution in [1.82, 2.24) is 0 Å². The second kappa shape index (κ2) is 4.35. The smallest absolute Gasteiger partial charge is 0.0381 e. The molecule has 0 unspecified atom stereocenters. The van der Waals surface area contributed by atoms with Crippen LogP contribution in [0.25, 0.3) is 0 Å². The molecule has 0 amide bonds. The molecule has 0 aromatic heterocycles. The minimum atomic E-state index is 0.911. The number of aryl methyl sites for hydroxylation is 1. The maximum absolute atomic E-state index is 3.53. The molecule has 1 N–H and O–H groups in total. The molecule has 14 heavy (non-hydrogen) atoms. The van der Waals surface area contributed by atoms with E-state index in [4.69, 9.17) is 0 Å². The van der Waals surface area contributed by atoms with Crippen LogP contribution in [0, 0.1) is 12.8 Å². The summed E-state index contributed by atoms with van der Waals surface area (Å²) in [5.74, 6) is 0.911. The van der Waals surface area contributed by atoms with Gasteiger partial charge in [-0.2, -0.15) is 0 Å². The zero-order valence-electron chi connectivity index (χ0n) is 8.52. The molecule has 1 saturated carbocycles. The van der Waals surface area contributed by atoms with Gasteiger partial charge in [-0.25, -0.2) is 0 Å². The first-order valence-corrected chi connectivity index (χ1v) is 6.05. The molecule has 1 aliphatic rings. The lowest BCUT2D eigenvalue weighted by atomic mass is 9.85. The quantitative estimate of drug-likeness (QED) is 0.860. The van der Waals surface area contributed by atoms with Crippen LogP contribution in [-0.4, -0.2) is 6.54 Å². The maximum Gasteiger partial charge on any atom is 0.0381 e. The number of halogens is 1. The van der Waals surface area contributed by atoms with Gasteiger partial charge in [0, 0.05) is 16.7 Å². The molecular weight excluding hydrogens is 238 g/mol. The second-order valence-electron chi connectivity index (χ2n) is 4.14. The predicted octanol–water partition coefficient (Wildman–Crippen LogP) is 3.97. The zero-order chi connectivity index (χ0) is 9.97. The first kappa shape index (κ1) is 10.0. The Hall–Kier alpha value is -0.500. The summed E-state index contributed by atoms with van der Waals surface area (Å²) in [7, 11) is 0. The highest BCUT2D eigenvalue weighted by molar-refractivity contribution is 9.10. The molecule has 76 valence electrons. The van der Waals surface area contributed by atoms with Crippen molar-refractivity contribution in [2.24, 2.45) is 5.92 Å². The van der Waals surface area contributed by atoms with Crippen LogP contribution in [0.2, 0.25) is 0 Å². The van der Waals surface area contributed by atoms with Crippen LogP contribution in [0.15, 0.2) is 22.7 Å². The first-order chi connectivity index (χ1) is 6.75. The normalized spacial score (nSPS) is 16.4. The van der Waals surface area contributed by atoms with Crippen LogP contribution in [0.5, 0.6) is 0 Å². The molecule has 2 rings (SSSR count). The average molecular weight is 254 g/mol. The van der Waals surface area contributed by atoms with E-state index in [1.54, 1.807) is 0 Å². The third kappa shape index (κ3) is 2.30. The van der Waals surface area contributed by atoms with E-state index in [1.807, 2.05) is 0 Å². The minimum absolute atomic E-state index is 0.911. The van der Waals surface area contributed by atoms with Gasteiger partial charge in [0.15, 0.2) is 0 Å². The third-order valence-corrected chi connectivity index (χ3v) is 3.50. The summed E-state index contributed by atoms with van der Waals surface area (Å²) in [5, 5.41) is 3.53. The Morgan fingerprint density at radius 2 is 2.21 bits per heavy atom. The molecule has 0 radical (unpaired) electrons. The first-order valence-electron chi connectivity index (χ1n) is 5.26. The van der Waals surface area contributed by atoms with E-state index in [9.17, 15) is 0 Å². The number of nitrogens with one attached hydrogen (secondary N) is 1. The number of rotatable bonds is 3. The van der Waals surface area contributed by atoms with Gasteiger partial charge < -0.3 is 5.32 Å². The maximum atomic E-state index is 3.53. The summed E-state index contributed by atoms with van der Waals surface area (Å²) >= 11 is 3.49. The molecule has 0 heterocycles. The van der Waals surface area contributed by atoms with Crippen molar-refractivity contribution in [3.63, 3.8) is 0 Å². The monoisotopic (exact) mass is 253 g/mol. The Balaban J connectivity index is 1.96. The molecule has 1 nitrogen and oxygen atoms in total. The Morgan fingerprint density at radius 3 is 2.86 bits per heavy atom. The van der Waals surface area contributed by atoms with E-state index in [0.717, 1.165) is 16.9 Å². The van der Waals surface area contributed by atoms with E-state index in [1.165, 1.54) is 30.5 Å². The van der Waals surface area contributed by atoms with Crippen molar-refractivity contribution in [3.05, 3.63) is 28.2 Å². The minimum Gasteiger partial charge on any atom is -0.385 e. The largest absolute Gasteiger partial charge is 0.385 e. The van der Waals surface area contributed by atoms with Crippen LogP contribution in [0.4, 0.5) is 5.69 Å². The van der Waals surface area contributed by atoms with Gasteiger partial charge in [-0.1, -0.05) is 28.4 Å². The number of hydrogen-bond donors (Lipinski definition) is 1. The van der Waals surface area contributed by atoms with E-state index in [0.29, 0.717) is 0 Å². The lowest BCUT2D eigenvalue weighted by molar-refractivity contribution is 0.333. The van der Waals surface area contributed by atoms with Crippen molar-refractivity contribution in [2.45, 2.75) is 26.2 Å². The summed E-state index contributed by atoms with van der Waals surface area (Å²) in [6.45, 7) is 3.28. The van der Waals surface area contributed by atoms with Crippen molar-refractivity contribution in [2.75, 3.05) is 11.9 Å². The van der Waals surface area contributed by atoms with Crippen LogP contribution >= 0.6 is 15.9 Å². The highest BCUT2D eigenvalue weighted by Gasteiger charge is 2.16. The molecule has 1 aliphatic carbocycles. The average Bonchev–Trinajstić information content (AvgIpc) is 2.08. The summed E-state index contributed by atoms with van der Waals surface area (Å²) in [5.41, 5.74) is 2.60. The van der Waals surface area contributed by atoms with E-state index >= 15 is 0 Å². The van der Waals surface area contributed by atoms with Gasteiger partial charge in [0.05, 0.1) is 0 Å². The molecule has 0 aliphatic heterocycles. The molecule has 0 bridgehead atoms. The van der Waals surface area contributed by atoms with Gasteiger partial charge in [0.2, 0.25) is 0 Å². The third-order valence-electron chi connectivity index (χ3n) is 3.01. The zero-order valence-corrected chi connectivity index (χ0v) is 10.1. The van der Waals surface area contributed by atoms with Gasteiger partial charge in [0.1, 0.15) is 0 Å². The van der Waals surface area contributed by atoms with Crippen molar-refractivity contribution in [1.29, 1.82) is 0 Å². The lowest BCUT2D eigenvalue weighted by Gasteiger charge is -2.26. The predicted molar refractivity (Wildman–Crippen MR) is 64.7 cm³/mol. The van der Waals surface area contributed by atoms with Gasteiger partial charge in [-0.3, -0.25) is 0 Å². The molecule has 1 fully saturated rings. The van der Waals surface area contributed by atoms with Crippen LogP contribution in [-0.2, 0) is 0 Å². The summed E-state index contributed by atoms with van der Waals surface area (Å²) in [6.07, 6.45) is 4.23. The standard InChI is InChI=1S/C12H16BrN/c1-9-5-6-11(13)7-12(9)14-8-10-3-2-4-10/h5-7,10,14H,2-4,8H2,1H3. The highest BCUT2D eigenvalue weighted by Crippen LogP contribution is 2.27. The molecular formula is C12H16BrN. The Labute approximate surface area is 94.0 Å². The fraction of sp³-hybridized carbons (Fsp3) is 0.500. The topological polar surface area (TPSA) is 12.0 Å². The SMILES string of the molecule is Cc1ccc(Br)cc1NCC1CCC1. The molecule has 0 saturated heterocycles. The Kier molecular flexibility index (Phi) is 3.12. The molecule has 1 aromatic rings. The molecule has 2 heteroatoms. The number of anilines is 1. The van der Waals surface area contributed by atoms with Crippen molar-refractivity contribution < 1.29 is 0 Å². The summed E-state index contributed by atoms with van der Waals surface area (Å²) < 4.78 is 1.15. The van der Waals surface area contributed by atoms with Gasteiger partial charge in [-0.15, -0.1) is 0 Å². The van der Waals surface area contributed by atoms with Crippen LogP contribution in [0.1, 0.15) is 24.8 Å². The van der Waals surface area contributed by atoms with Gasteiger partial charge in [-0.05, 0) is 43.4 Å². The van der Waals surface area contributed by atoms with E-state index < -0.39 is 0 Å². The second-order valence-corrected chi connectivity index (χ2v) is 5.05. The number of benzene rings is 1. The highest BCUT2D eigenvalue weighted by atomic mass is 79.9. The van der Waals surface area contributed by atoms with Crippen molar-refractivity contribution in [3.8, 4) is 0 Å². The number of hydrogen-bond acceptors (Lipinski definition) is 1. The molecule has 0 atom stereocenters. The fourth-order valence-corrected chi connectivity index (χ4v) is 2.10. The molecule has 1 aromatic carbocycles. The van der Waals surface area contributed by atoms with E-state index in [-0.39, 0.29) is 0 Å². The Morgan fingerprint density at radius 1 is 1.43 bits per heavy atom. The van der Waals surface area contributed by atoms with Crippen LogP contribution in [0.3, 0.4) is 0 Å². The lowest BCUT2D eigenvalue weighted by Crippen LogP contribution is -2.21. The van der Waals surface area contributed by atoms with Crippen molar-refractivity contribution >= 4 is 21.6 Å². The van der Waals surface area contributed by atoms with Gasteiger partial charge >= 0.3 is 0 Å². The van der Waals surface area contributed by atoms with E-state index in [2.05, 4.69) is 46.4 Å². The summed E-state index contributed by atoms with van der Waals surface area (Å²) in [4.78, 5) is 0.